The first kappa shape index (κ1) is 35.7. The first-order valence-corrected chi connectivity index (χ1v) is 22.3. The van der Waals surface area contributed by atoms with Gasteiger partial charge in [0.1, 0.15) is 11.2 Å². The first-order valence-electron chi connectivity index (χ1n) is 21.5. The van der Waals surface area contributed by atoms with Crippen LogP contribution < -0.4 is 4.90 Å². The van der Waals surface area contributed by atoms with Crippen molar-refractivity contribution in [2.24, 2.45) is 0 Å². The molecule has 13 rings (SSSR count). The molecule has 0 saturated carbocycles. The number of para-hydroxylation sites is 1. The van der Waals surface area contributed by atoms with Crippen LogP contribution in [-0.2, 0) is 0 Å². The molecular formula is C60H37NOS. The Kier molecular flexibility index (Phi) is 8.12. The van der Waals surface area contributed by atoms with E-state index < -0.39 is 0 Å². The van der Waals surface area contributed by atoms with E-state index in [1.165, 1.54) is 85.9 Å². The average Bonchev–Trinajstić information content (AvgIpc) is 3.93. The summed E-state index contributed by atoms with van der Waals surface area (Å²) in [5.74, 6) is 0. The Hall–Kier alpha value is -7.98. The topological polar surface area (TPSA) is 16.4 Å². The third kappa shape index (κ3) is 5.85. The lowest BCUT2D eigenvalue weighted by Gasteiger charge is -2.26. The molecule has 2 aromatic heterocycles. The zero-order valence-electron chi connectivity index (χ0n) is 34.1. The minimum absolute atomic E-state index is 0.927. The van der Waals surface area contributed by atoms with Crippen LogP contribution in [0.4, 0.5) is 17.1 Å². The van der Waals surface area contributed by atoms with Gasteiger partial charge in [0.25, 0.3) is 0 Å². The van der Waals surface area contributed by atoms with E-state index in [0.29, 0.717) is 0 Å². The number of hydrogen-bond acceptors (Lipinski definition) is 3. The van der Waals surface area contributed by atoms with Gasteiger partial charge in [0.15, 0.2) is 0 Å². The fourth-order valence-corrected chi connectivity index (χ4v) is 11.0. The van der Waals surface area contributed by atoms with E-state index in [-0.39, 0.29) is 0 Å². The largest absolute Gasteiger partial charge is 0.455 e. The van der Waals surface area contributed by atoms with Crippen LogP contribution in [0.2, 0.25) is 0 Å². The van der Waals surface area contributed by atoms with Gasteiger partial charge in [-0.25, -0.2) is 0 Å². The van der Waals surface area contributed by atoms with Crippen molar-refractivity contribution < 1.29 is 4.42 Å². The Bertz CT molecular complexity index is 3890. The lowest BCUT2D eigenvalue weighted by Crippen LogP contribution is -2.09. The minimum atomic E-state index is 0.927. The zero-order chi connectivity index (χ0) is 41.4. The van der Waals surface area contributed by atoms with Crippen molar-refractivity contribution in [2.45, 2.75) is 0 Å². The Labute approximate surface area is 368 Å². The van der Waals surface area contributed by atoms with Gasteiger partial charge in [-0.1, -0.05) is 158 Å². The monoisotopic (exact) mass is 819 g/mol. The maximum absolute atomic E-state index is 6.59. The summed E-state index contributed by atoms with van der Waals surface area (Å²) in [5, 5.41) is 12.2. The Morgan fingerprint density at radius 3 is 1.73 bits per heavy atom. The highest BCUT2D eigenvalue weighted by Crippen LogP contribution is 2.46. The highest BCUT2D eigenvalue weighted by atomic mass is 32.1. The highest BCUT2D eigenvalue weighted by Gasteiger charge is 2.19. The second-order valence-corrected chi connectivity index (χ2v) is 17.5. The highest BCUT2D eigenvalue weighted by molar-refractivity contribution is 7.26. The molecule has 0 amide bonds. The summed E-state index contributed by atoms with van der Waals surface area (Å²) < 4.78 is 9.10. The van der Waals surface area contributed by atoms with Crippen molar-refractivity contribution in [3.63, 3.8) is 0 Å². The van der Waals surface area contributed by atoms with Gasteiger partial charge >= 0.3 is 0 Å². The number of hydrogen-bond donors (Lipinski definition) is 0. The van der Waals surface area contributed by atoms with Gasteiger partial charge in [-0.2, -0.15) is 0 Å². The molecule has 13 aromatic rings. The van der Waals surface area contributed by atoms with Crippen LogP contribution in [-0.4, -0.2) is 0 Å². The summed E-state index contributed by atoms with van der Waals surface area (Å²) in [5.41, 5.74) is 12.5. The van der Waals surface area contributed by atoms with Gasteiger partial charge < -0.3 is 9.32 Å². The molecule has 3 heteroatoms. The van der Waals surface area contributed by atoms with Gasteiger partial charge in [-0.3, -0.25) is 0 Å². The second kappa shape index (κ2) is 14.3. The van der Waals surface area contributed by atoms with Crippen LogP contribution in [0.5, 0.6) is 0 Å². The average molecular weight is 820 g/mol. The van der Waals surface area contributed by atoms with Crippen molar-refractivity contribution in [1.29, 1.82) is 0 Å². The molecule has 0 N–H and O–H groups in total. The van der Waals surface area contributed by atoms with Gasteiger partial charge in [0.2, 0.25) is 0 Å². The SMILES string of the molecule is c1ccc(-c2ccc(N(c3ccc(-c4cccc5ccccc45)cc3)c3ccc4c(ccc5cc(-c6cccc7sc8ccc9c%10ccccc%10oc9c8c67)ccc54)c3)cc2)cc1. The van der Waals surface area contributed by atoms with E-state index in [9.17, 15) is 0 Å². The predicted octanol–water partition coefficient (Wildman–Crippen LogP) is 17.9. The smallest absolute Gasteiger partial charge is 0.144 e. The molecule has 0 bridgehead atoms. The number of benzene rings is 11. The molecule has 0 unspecified atom stereocenters. The molecule has 0 radical (unpaired) electrons. The van der Waals surface area contributed by atoms with E-state index in [1.54, 1.807) is 0 Å². The van der Waals surface area contributed by atoms with Gasteiger partial charge in [0, 0.05) is 48.0 Å². The maximum Gasteiger partial charge on any atom is 0.144 e. The zero-order valence-corrected chi connectivity index (χ0v) is 34.9. The normalized spacial score (nSPS) is 11.8. The van der Waals surface area contributed by atoms with Crippen molar-refractivity contribution >= 4 is 103 Å². The summed E-state index contributed by atoms with van der Waals surface area (Å²) in [6, 6.07) is 81.7. The van der Waals surface area contributed by atoms with Crippen LogP contribution in [0.3, 0.4) is 0 Å². The molecule has 2 heterocycles. The van der Waals surface area contributed by atoms with Crippen molar-refractivity contribution in [3.05, 3.63) is 224 Å². The van der Waals surface area contributed by atoms with Crippen molar-refractivity contribution in [2.75, 3.05) is 4.90 Å². The molecule has 11 aromatic carbocycles. The van der Waals surface area contributed by atoms with Gasteiger partial charge in [-0.15, -0.1) is 11.3 Å². The van der Waals surface area contributed by atoms with E-state index in [2.05, 4.69) is 223 Å². The second-order valence-electron chi connectivity index (χ2n) is 16.4. The summed E-state index contributed by atoms with van der Waals surface area (Å²) in [6.07, 6.45) is 0. The predicted molar refractivity (Wildman–Crippen MR) is 270 cm³/mol. The van der Waals surface area contributed by atoms with Crippen LogP contribution in [0, 0.1) is 0 Å². The maximum atomic E-state index is 6.59. The summed E-state index contributed by atoms with van der Waals surface area (Å²) in [4.78, 5) is 2.37. The molecule has 0 atom stereocenters. The van der Waals surface area contributed by atoms with Crippen LogP contribution >= 0.6 is 11.3 Å². The molecule has 0 aliphatic rings. The lowest BCUT2D eigenvalue weighted by molar-refractivity contribution is 0.673. The number of anilines is 3. The molecule has 0 fully saturated rings. The first-order chi connectivity index (χ1) is 31.2. The van der Waals surface area contributed by atoms with Crippen LogP contribution in [0.25, 0.3) is 108 Å². The summed E-state index contributed by atoms with van der Waals surface area (Å²) in [6.45, 7) is 0. The standard InChI is InChI=1S/C60H37NOS/c1-2-10-38(11-3-1)39-22-27-45(28-23-39)61(46-29-24-41(25-30-46)49-16-8-13-40-12-4-5-14-48(40)49)47-31-33-51-44(37-47)21-20-42-36-43(26-32-50(42)51)52-17-9-19-56-58(52)59-57(63-56)35-34-54-53-15-6-7-18-55(53)62-60(54)59/h1-37H. The number of thiophene rings is 1. The Morgan fingerprint density at radius 1 is 0.317 bits per heavy atom. The number of furan rings is 1. The molecule has 0 aliphatic heterocycles. The number of fused-ring (bicyclic) bond motifs is 11. The lowest BCUT2D eigenvalue weighted by atomic mass is 9.94. The van der Waals surface area contributed by atoms with Crippen molar-refractivity contribution in [1.82, 2.24) is 0 Å². The number of rotatable bonds is 6. The van der Waals surface area contributed by atoms with E-state index in [4.69, 9.17) is 4.42 Å². The van der Waals surface area contributed by atoms with E-state index in [1.807, 2.05) is 17.4 Å². The fourth-order valence-electron chi connectivity index (χ4n) is 9.84. The number of nitrogens with zero attached hydrogens (tertiary/aromatic N) is 1. The van der Waals surface area contributed by atoms with Gasteiger partial charge in [-0.05, 0) is 132 Å². The molecule has 63 heavy (non-hydrogen) atoms. The molecule has 294 valence electrons. The van der Waals surface area contributed by atoms with Crippen molar-refractivity contribution in [3.8, 4) is 33.4 Å². The molecule has 0 spiro atoms. The molecule has 2 nitrogen and oxygen atoms in total. The van der Waals surface area contributed by atoms with Crippen LogP contribution in [0.1, 0.15) is 0 Å². The Balaban J connectivity index is 0.913. The molecule has 0 saturated heterocycles. The summed E-state index contributed by atoms with van der Waals surface area (Å²) in [7, 11) is 0. The van der Waals surface area contributed by atoms with Crippen LogP contribution in [0.15, 0.2) is 229 Å². The van der Waals surface area contributed by atoms with E-state index >= 15 is 0 Å². The van der Waals surface area contributed by atoms with E-state index in [0.717, 1.165) is 39.0 Å². The molecular weight excluding hydrogens is 783 g/mol. The summed E-state index contributed by atoms with van der Waals surface area (Å²) >= 11 is 1.84. The quantitative estimate of drug-likeness (QED) is 0.155. The third-order valence-electron chi connectivity index (χ3n) is 12.9. The fraction of sp³-hybridized carbons (Fsp3) is 0. The Morgan fingerprint density at radius 2 is 0.905 bits per heavy atom. The third-order valence-corrected chi connectivity index (χ3v) is 14.0. The van der Waals surface area contributed by atoms with Gasteiger partial charge in [0.05, 0.1) is 0 Å². The minimum Gasteiger partial charge on any atom is -0.455 e. The molecule has 0 aliphatic carbocycles.